The molecular weight excluding hydrogens is 158 g/mol. The number of carboxylic acid groups (broad SMARTS) is 1. The van der Waals surface area contributed by atoms with Crippen LogP contribution in [0, 0.1) is 0 Å². The van der Waals surface area contributed by atoms with E-state index in [9.17, 15) is 4.79 Å². The number of carbonyl (C=O) groups is 1. The Morgan fingerprint density at radius 1 is 1.58 bits per heavy atom. The van der Waals surface area contributed by atoms with Crippen molar-refractivity contribution in [3.05, 3.63) is 23.8 Å². The molecule has 5 heteroatoms. The van der Waals surface area contributed by atoms with Gasteiger partial charge in [-0.25, -0.2) is 9.78 Å². The van der Waals surface area contributed by atoms with Gasteiger partial charge in [0.1, 0.15) is 0 Å². The van der Waals surface area contributed by atoms with Crippen molar-refractivity contribution in [2.45, 2.75) is 6.54 Å². The van der Waals surface area contributed by atoms with E-state index < -0.39 is 5.97 Å². The minimum Gasteiger partial charge on any atom is -0.476 e. The van der Waals surface area contributed by atoms with Crippen LogP contribution < -0.4 is 5.32 Å². The lowest BCUT2D eigenvalue weighted by Crippen LogP contribution is -2.09. The van der Waals surface area contributed by atoms with Gasteiger partial charge < -0.3 is 10.4 Å². The van der Waals surface area contributed by atoms with Gasteiger partial charge in [0.2, 0.25) is 0 Å². The van der Waals surface area contributed by atoms with E-state index in [4.69, 9.17) is 5.11 Å². The van der Waals surface area contributed by atoms with Gasteiger partial charge in [-0.1, -0.05) is 0 Å². The molecule has 1 aromatic heterocycles. The number of hydrogen-bond acceptors (Lipinski definition) is 4. The van der Waals surface area contributed by atoms with Crippen LogP contribution in [0.5, 0.6) is 0 Å². The molecule has 0 aliphatic rings. The minimum absolute atomic E-state index is 0.0325. The molecule has 0 unspecified atom stereocenters. The first-order chi connectivity index (χ1) is 5.74. The summed E-state index contributed by atoms with van der Waals surface area (Å²) in [6.07, 6.45) is 2.69. The third-order valence-electron chi connectivity index (χ3n) is 1.28. The second-order valence-electron chi connectivity index (χ2n) is 2.23. The summed E-state index contributed by atoms with van der Waals surface area (Å²) < 4.78 is 0. The van der Waals surface area contributed by atoms with Crippen LogP contribution in [-0.4, -0.2) is 28.1 Å². The van der Waals surface area contributed by atoms with Crippen molar-refractivity contribution >= 4 is 5.97 Å². The molecule has 1 aromatic rings. The Morgan fingerprint density at radius 3 is 2.75 bits per heavy atom. The fraction of sp³-hybridized carbons (Fsp3) is 0.286. The maximum absolute atomic E-state index is 10.4. The molecule has 5 nitrogen and oxygen atoms in total. The summed E-state index contributed by atoms with van der Waals surface area (Å²) in [7, 11) is 1.78. The van der Waals surface area contributed by atoms with Crippen LogP contribution in [0.25, 0.3) is 0 Å². The van der Waals surface area contributed by atoms with E-state index in [0.717, 1.165) is 5.69 Å². The van der Waals surface area contributed by atoms with Crippen LogP contribution in [-0.2, 0) is 6.54 Å². The zero-order chi connectivity index (χ0) is 8.97. The van der Waals surface area contributed by atoms with E-state index >= 15 is 0 Å². The fourth-order valence-electron chi connectivity index (χ4n) is 0.738. The largest absolute Gasteiger partial charge is 0.476 e. The van der Waals surface area contributed by atoms with E-state index in [1.165, 1.54) is 12.4 Å². The highest BCUT2D eigenvalue weighted by molar-refractivity contribution is 5.84. The summed E-state index contributed by atoms with van der Waals surface area (Å²) in [5, 5.41) is 11.4. The standard InChI is InChI=1S/C7H9N3O2/c1-8-2-5-3-10-6(4-9-5)7(11)12/h3-4,8H,2H2,1H3,(H,11,12). The highest BCUT2D eigenvalue weighted by atomic mass is 16.4. The fourth-order valence-corrected chi connectivity index (χ4v) is 0.738. The number of nitrogens with one attached hydrogen (secondary N) is 1. The van der Waals surface area contributed by atoms with E-state index in [0.29, 0.717) is 6.54 Å². The third-order valence-corrected chi connectivity index (χ3v) is 1.28. The number of nitrogens with zero attached hydrogens (tertiary/aromatic N) is 2. The number of rotatable bonds is 3. The SMILES string of the molecule is CNCc1cnc(C(=O)O)cn1. The van der Waals surface area contributed by atoms with Gasteiger partial charge in [0.25, 0.3) is 0 Å². The average molecular weight is 167 g/mol. The summed E-state index contributed by atoms with van der Waals surface area (Å²) in [4.78, 5) is 17.9. The highest BCUT2D eigenvalue weighted by Gasteiger charge is 2.03. The van der Waals surface area contributed by atoms with Crippen LogP contribution in [0.1, 0.15) is 16.2 Å². The second kappa shape index (κ2) is 3.77. The summed E-state index contributed by atoms with van der Waals surface area (Å²) in [5.74, 6) is -1.06. The molecule has 0 aromatic carbocycles. The van der Waals surface area contributed by atoms with Crippen LogP contribution in [0.4, 0.5) is 0 Å². The van der Waals surface area contributed by atoms with Crippen LogP contribution in [0.3, 0.4) is 0 Å². The number of aromatic nitrogens is 2. The molecular formula is C7H9N3O2. The molecule has 2 N–H and O–H groups in total. The van der Waals surface area contributed by atoms with Crippen molar-refractivity contribution in [1.29, 1.82) is 0 Å². The molecule has 64 valence electrons. The molecule has 0 bridgehead atoms. The lowest BCUT2D eigenvalue weighted by Gasteiger charge is -1.97. The van der Waals surface area contributed by atoms with Gasteiger partial charge in [0, 0.05) is 6.54 Å². The van der Waals surface area contributed by atoms with Gasteiger partial charge >= 0.3 is 5.97 Å². The summed E-state index contributed by atoms with van der Waals surface area (Å²) >= 11 is 0. The summed E-state index contributed by atoms with van der Waals surface area (Å²) in [6, 6.07) is 0. The first kappa shape index (κ1) is 8.61. The topological polar surface area (TPSA) is 75.1 Å². The molecule has 0 saturated heterocycles. The number of hydrogen-bond donors (Lipinski definition) is 2. The zero-order valence-electron chi connectivity index (χ0n) is 6.61. The van der Waals surface area contributed by atoms with Crippen molar-refractivity contribution < 1.29 is 9.90 Å². The predicted molar refractivity (Wildman–Crippen MR) is 41.8 cm³/mol. The molecule has 0 radical (unpaired) electrons. The average Bonchev–Trinajstić information content (AvgIpc) is 2.06. The minimum atomic E-state index is -1.06. The monoisotopic (exact) mass is 167 g/mol. The number of carboxylic acids is 1. The first-order valence-corrected chi connectivity index (χ1v) is 3.43. The van der Waals surface area contributed by atoms with Gasteiger partial charge in [-0.3, -0.25) is 4.98 Å². The third kappa shape index (κ3) is 2.00. The first-order valence-electron chi connectivity index (χ1n) is 3.43. The summed E-state index contributed by atoms with van der Waals surface area (Å²) in [5.41, 5.74) is 0.692. The molecule has 0 amide bonds. The van der Waals surface area contributed by atoms with E-state index in [1.807, 2.05) is 0 Å². The lowest BCUT2D eigenvalue weighted by atomic mass is 10.4. The Kier molecular flexibility index (Phi) is 2.71. The van der Waals surface area contributed by atoms with Crippen LogP contribution >= 0.6 is 0 Å². The predicted octanol–water partition coefficient (Wildman–Crippen LogP) is -0.106. The molecule has 0 saturated carbocycles. The smallest absolute Gasteiger partial charge is 0.356 e. The maximum Gasteiger partial charge on any atom is 0.356 e. The molecule has 0 aliphatic carbocycles. The van der Waals surface area contributed by atoms with Gasteiger partial charge in [0.05, 0.1) is 18.1 Å². The molecule has 12 heavy (non-hydrogen) atoms. The molecule has 0 fully saturated rings. The Bertz CT molecular complexity index is 270. The molecule has 1 heterocycles. The molecule has 0 atom stereocenters. The Hall–Kier alpha value is -1.49. The van der Waals surface area contributed by atoms with E-state index in [1.54, 1.807) is 7.05 Å². The zero-order valence-corrected chi connectivity index (χ0v) is 6.61. The summed E-state index contributed by atoms with van der Waals surface area (Å²) in [6.45, 7) is 0.590. The van der Waals surface area contributed by atoms with E-state index in [-0.39, 0.29) is 5.69 Å². The van der Waals surface area contributed by atoms with Crippen molar-refractivity contribution in [2.24, 2.45) is 0 Å². The van der Waals surface area contributed by atoms with Gasteiger partial charge in [-0.15, -0.1) is 0 Å². The Morgan fingerprint density at radius 2 is 2.33 bits per heavy atom. The highest BCUT2D eigenvalue weighted by Crippen LogP contribution is 1.94. The Balaban J connectivity index is 2.78. The molecule has 0 aliphatic heterocycles. The van der Waals surface area contributed by atoms with Crippen molar-refractivity contribution in [3.8, 4) is 0 Å². The van der Waals surface area contributed by atoms with Crippen molar-refractivity contribution in [2.75, 3.05) is 7.05 Å². The van der Waals surface area contributed by atoms with Crippen LogP contribution in [0.2, 0.25) is 0 Å². The van der Waals surface area contributed by atoms with Gasteiger partial charge in [-0.2, -0.15) is 0 Å². The maximum atomic E-state index is 10.4. The van der Waals surface area contributed by atoms with Crippen molar-refractivity contribution in [1.82, 2.24) is 15.3 Å². The van der Waals surface area contributed by atoms with Crippen LogP contribution in [0.15, 0.2) is 12.4 Å². The van der Waals surface area contributed by atoms with Gasteiger partial charge in [-0.05, 0) is 7.05 Å². The number of aromatic carboxylic acids is 1. The molecule has 0 spiro atoms. The lowest BCUT2D eigenvalue weighted by molar-refractivity contribution is 0.0690. The second-order valence-corrected chi connectivity index (χ2v) is 2.23. The van der Waals surface area contributed by atoms with E-state index in [2.05, 4.69) is 15.3 Å². The van der Waals surface area contributed by atoms with Gasteiger partial charge in [0.15, 0.2) is 5.69 Å². The van der Waals surface area contributed by atoms with Crippen molar-refractivity contribution in [3.63, 3.8) is 0 Å². The normalized spacial score (nSPS) is 9.75. The molecule has 1 rings (SSSR count). The quantitative estimate of drug-likeness (QED) is 0.657. The Labute approximate surface area is 69.5 Å².